The van der Waals surface area contributed by atoms with Crippen LogP contribution in [0.1, 0.15) is 45.0 Å². The number of hydrogen-bond donors (Lipinski definition) is 1. The van der Waals surface area contributed by atoms with Gasteiger partial charge in [0.1, 0.15) is 0 Å². The molecule has 0 aliphatic carbocycles. The first kappa shape index (κ1) is 17.2. The molecule has 0 aliphatic rings. The summed E-state index contributed by atoms with van der Waals surface area (Å²) in [4.78, 5) is 12.4. The van der Waals surface area contributed by atoms with Crippen LogP contribution in [0.25, 0.3) is 5.65 Å². The van der Waals surface area contributed by atoms with Crippen LogP contribution in [0.3, 0.4) is 0 Å². The zero-order chi connectivity index (χ0) is 17.6. The molecule has 0 bridgehead atoms. The van der Waals surface area contributed by atoms with E-state index in [4.69, 9.17) is 0 Å². The highest BCUT2D eigenvalue weighted by Gasteiger charge is 2.21. The van der Waals surface area contributed by atoms with E-state index < -0.39 is 0 Å². The average molecular weight is 339 g/mol. The third-order valence-corrected chi connectivity index (χ3v) is 4.18. The Hall–Kier alpha value is -2.63. The van der Waals surface area contributed by atoms with E-state index in [0.717, 1.165) is 30.9 Å². The third kappa shape index (κ3) is 4.47. The highest BCUT2D eigenvalue weighted by atomic mass is 16.1. The predicted molar refractivity (Wildman–Crippen MR) is 97.0 cm³/mol. The van der Waals surface area contributed by atoms with Gasteiger partial charge in [0.05, 0.1) is 6.04 Å². The molecular weight excluding hydrogens is 314 g/mol. The van der Waals surface area contributed by atoms with E-state index in [9.17, 15) is 4.79 Å². The van der Waals surface area contributed by atoms with Crippen molar-refractivity contribution in [3.05, 3.63) is 54.7 Å². The Labute approximate surface area is 147 Å². The summed E-state index contributed by atoms with van der Waals surface area (Å²) in [5.74, 6) is 1.30. The fourth-order valence-electron chi connectivity index (χ4n) is 3.01. The first-order valence-corrected chi connectivity index (χ1v) is 8.83. The van der Waals surface area contributed by atoms with E-state index in [1.807, 2.05) is 53.3 Å². The molecule has 3 aromatic heterocycles. The second kappa shape index (κ2) is 7.96. The van der Waals surface area contributed by atoms with Gasteiger partial charge in [0.15, 0.2) is 11.5 Å². The van der Waals surface area contributed by atoms with Crippen molar-refractivity contribution < 1.29 is 4.79 Å². The predicted octanol–water partition coefficient (Wildman–Crippen LogP) is 3.21. The average Bonchev–Trinajstić information content (AvgIpc) is 3.23. The van der Waals surface area contributed by atoms with Crippen LogP contribution in [0.2, 0.25) is 0 Å². The monoisotopic (exact) mass is 339 g/mol. The van der Waals surface area contributed by atoms with Gasteiger partial charge in [0.25, 0.3) is 0 Å². The van der Waals surface area contributed by atoms with Crippen LogP contribution < -0.4 is 5.32 Å². The van der Waals surface area contributed by atoms with Gasteiger partial charge in [0.2, 0.25) is 5.91 Å². The number of pyridine rings is 1. The van der Waals surface area contributed by atoms with Gasteiger partial charge in [-0.3, -0.25) is 9.20 Å². The number of nitrogens with one attached hydrogen (secondary N) is 1. The van der Waals surface area contributed by atoms with E-state index in [1.54, 1.807) is 0 Å². The summed E-state index contributed by atoms with van der Waals surface area (Å²) in [7, 11) is 0. The minimum atomic E-state index is -0.128. The van der Waals surface area contributed by atoms with E-state index in [2.05, 4.69) is 33.9 Å². The smallest absolute Gasteiger partial charge is 0.220 e. The number of hydrogen-bond acceptors (Lipinski definition) is 3. The van der Waals surface area contributed by atoms with E-state index >= 15 is 0 Å². The zero-order valence-corrected chi connectivity index (χ0v) is 14.8. The minimum Gasteiger partial charge on any atom is -0.354 e. The fourth-order valence-corrected chi connectivity index (χ4v) is 3.01. The SMILES string of the molecule is CC(C)CC(NC(=O)CCCn1cccc1)c1nnc2ccccn12. The molecule has 1 amide bonds. The van der Waals surface area contributed by atoms with Crippen LogP contribution in [-0.2, 0) is 11.3 Å². The van der Waals surface area contributed by atoms with Gasteiger partial charge in [-0.1, -0.05) is 19.9 Å². The van der Waals surface area contributed by atoms with Gasteiger partial charge < -0.3 is 9.88 Å². The number of carbonyl (C=O) groups excluding carboxylic acids is 1. The lowest BCUT2D eigenvalue weighted by Gasteiger charge is -2.19. The molecule has 0 saturated heterocycles. The number of aromatic nitrogens is 4. The van der Waals surface area contributed by atoms with Gasteiger partial charge >= 0.3 is 0 Å². The second-order valence-electron chi connectivity index (χ2n) is 6.76. The Bertz CT molecular complexity index is 806. The maximum atomic E-state index is 12.4. The Balaban J connectivity index is 1.65. The molecule has 3 rings (SSSR count). The highest BCUT2D eigenvalue weighted by Crippen LogP contribution is 2.20. The molecule has 1 atom stereocenters. The van der Waals surface area contributed by atoms with Crippen LogP contribution in [-0.4, -0.2) is 25.1 Å². The number of fused-ring (bicyclic) bond motifs is 1. The Morgan fingerprint density at radius 2 is 1.88 bits per heavy atom. The second-order valence-corrected chi connectivity index (χ2v) is 6.76. The third-order valence-electron chi connectivity index (χ3n) is 4.18. The summed E-state index contributed by atoms with van der Waals surface area (Å²) in [5.41, 5.74) is 0.799. The van der Waals surface area contributed by atoms with E-state index in [0.29, 0.717) is 12.3 Å². The first-order valence-electron chi connectivity index (χ1n) is 8.83. The Morgan fingerprint density at radius 3 is 2.64 bits per heavy atom. The van der Waals surface area contributed by atoms with Gasteiger partial charge in [-0.2, -0.15) is 0 Å². The molecule has 0 aromatic carbocycles. The van der Waals surface area contributed by atoms with Crippen LogP contribution in [0.15, 0.2) is 48.9 Å². The number of amides is 1. The molecule has 0 saturated carbocycles. The highest BCUT2D eigenvalue weighted by molar-refractivity contribution is 5.76. The molecule has 132 valence electrons. The van der Waals surface area contributed by atoms with E-state index in [-0.39, 0.29) is 11.9 Å². The van der Waals surface area contributed by atoms with Gasteiger partial charge in [-0.15, -0.1) is 10.2 Å². The van der Waals surface area contributed by atoms with Crippen molar-refractivity contribution >= 4 is 11.6 Å². The lowest BCUT2D eigenvalue weighted by atomic mass is 10.0. The van der Waals surface area contributed by atoms with E-state index in [1.165, 1.54) is 0 Å². The zero-order valence-electron chi connectivity index (χ0n) is 14.8. The van der Waals surface area contributed by atoms with Crippen LogP contribution >= 0.6 is 0 Å². The molecule has 0 fully saturated rings. The molecule has 3 heterocycles. The van der Waals surface area contributed by atoms with Crippen molar-refractivity contribution in [3.63, 3.8) is 0 Å². The summed E-state index contributed by atoms with van der Waals surface area (Å²) in [6, 6.07) is 9.67. The fraction of sp³-hybridized carbons (Fsp3) is 0.421. The van der Waals surface area contributed by atoms with Gasteiger partial charge in [-0.25, -0.2) is 0 Å². The molecule has 1 N–H and O–H groups in total. The molecule has 0 spiro atoms. The summed E-state index contributed by atoms with van der Waals surface area (Å²) < 4.78 is 4.04. The summed E-state index contributed by atoms with van der Waals surface area (Å²) in [6.07, 6.45) is 8.12. The van der Waals surface area contributed by atoms with Crippen molar-refractivity contribution in [1.29, 1.82) is 0 Å². The van der Waals surface area contributed by atoms with Crippen LogP contribution in [0, 0.1) is 5.92 Å². The molecule has 0 radical (unpaired) electrons. The lowest BCUT2D eigenvalue weighted by Crippen LogP contribution is -2.30. The quantitative estimate of drug-likeness (QED) is 0.685. The molecule has 6 nitrogen and oxygen atoms in total. The van der Waals surface area contributed by atoms with Crippen LogP contribution in [0.4, 0.5) is 0 Å². The normalized spacial score (nSPS) is 12.6. The number of rotatable bonds is 8. The summed E-state index contributed by atoms with van der Waals surface area (Å²) in [5, 5.41) is 11.7. The molecular formula is C19H25N5O. The van der Waals surface area contributed by atoms with Gasteiger partial charge in [0, 0.05) is 31.6 Å². The standard InChI is InChI=1S/C19H25N5O/c1-15(2)14-16(19-22-21-17-8-3-4-13-24(17)19)20-18(25)9-7-12-23-10-5-6-11-23/h3-6,8,10-11,13,15-16H,7,9,12,14H2,1-2H3,(H,20,25). The molecule has 6 heteroatoms. The topological polar surface area (TPSA) is 64.2 Å². The van der Waals surface area contributed by atoms with Crippen molar-refractivity contribution in [1.82, 2.24) is 24.5 Å². The number of carbonyl (C=O) groups is 1. The molecule has 3 aromatic rings. The maximum absolute atomic E-state index is 12.4. The van der Waals surface area contributed by atoms with Crippen molar-refractivity contribution in [2.45, 2.75) is 45.7 Å². The Kier molecular flexibility index (Phi) is 5.48. The molecule has 25 heavy (non-hydrogen) atoms. The number of aryl methyl sites for hydroxylation is 1. The first-order chi connectivity index (χ1) is 12.1. The van der Waals surface area contributed by atoms with Gasteiger partial charge in [-0.05, 0) is 43.0 Å². The van der Waals surface area contributed by atoms with Crippen LogP contribution in [0.5, 0.6) is 0 Å². The minimum absolute atomic E-state index is 0.0606. The number of nitrogens with zero attached hydrogens (tertiary/aromatic N) is 4. The largest absolute Gasteiger partial charge is 0.354 e. The Morgan fingerprint density at radius 1 is 1.12 bits per heavy atom. The maximum Gasteiger partial charge on any atom is 0.220 e. The molecule has 1 unspecified atom stereocenters. The molecule has 0 aliphatic heterocycles. The summed E-state index contributed by atoms with van der Waals surface area (Å²) >= 11 is 0. The van der Waals surface area contributed by atoms with Crippen molar-refractivity contribution in [2.24, 2.45) is 5.92 Å². The lowest BCUT2D eigenvalue weighted by molar-refractivity contribution is -0.122. The van der Waals surface area contributed by atoms with Crippen molar-refractivity contribution in [3.8, 4) is 0 Å². The summed E-state index contributed by atoms with van der Waals surface area (Å²) in [6.45, 7) is 5.14. The van der Waals surface area contributed by atoms with Crippen molar-refractivity contribution in [2.75, 3.05) is 0 Å².